The molecule has 9 heteroatoms. The summed E-state index contributed by atoms with van der Waals surface area (Å²) in [6, 6.07) is 4.37. The van der Waals surface area contributed by atoms with Crippen LogP contribution in [0.3, 0.4) is 0 Å². The van der Waals surface area contributed by atoms with Crippen molar-refractivity contribution >= 4 is 33.3 Å². The highest BCUT2D eigenvalue weighted by molar-refractivity contribution is 7.89. The molecule has 1 aliphatic rings. The van der Waals surface area contributed by atoms with Crippen molar-refractivity contribution in [1.29, 1.82) is 0 Å². The van der Waals surface area contributed by atoms with E-state index >= 15 is 0 Å². The van der Waals surface area contributed by atoms with Gasteiger partial charge in [-0.3, -0.25) is 4.79 Å². The first-order chi connectivity index (χ1) is 10.2. The average Bonchev–Trinajstić information content (AvgIpc) is 2.81. The summed E-state index contributed by atoms with van der Waals surface area (Å²) in [6.07, 6.45) is -0.206. The van der Waals surface area contributed by atoms with Crippen LogP contribution in [0.4, 0.5) is 11.4 Å². The van der Waals surface area contributed by atoms with Crippen molar-refractivity contribution in [3.8, 4) is 0 Å². The zero-order valence-electron chi connectivity index (χ0n) is 12.0. The lowest BCUT2D eigenvalue weighted by Gasteiger charge is -2.19. The number of anilines is 2. The number of ether oxygens (including phenoxy) is 1. The molecule has 4 N–H and O–H groups in total. The smallest absolute Gasteiger partial charge is 0.338 e. The minimum atomic E-state index is -3.82. The van der Waals surface area contributed by atoms with E-state index in [0.717, 1.165) is 0 Å². The van der Waals surface area contributed by atoms with Gasteiger partial charge in [0.2, 0.25) is 15.9 Å². The molecule has 1 fully saturated rings. The first-order valence-electron chi connectivity index (χ1n) is 6.62. The van der Waals surface area contributed by atoms with E-state index in [9.17, 15) is 18.0 Å². The Balaban J connectivity index is 2.34. The molecule has 1 heterocycles. The number of nitrogen functional groups attached to an aromatic ring is 1. The number of benzene rings is 1. The second kappa shape index (κ2) is 5.93. The van der Waals surface area contributed by atoms with Crippen LogP contribution in [0.5, 0.6) is 0 Å². The maximum absolute atomic E-state index is 12.0. The summed E-state index contributed by atoms with van der Waals surface area (Å²) in [7, 11) is -3.82. The second-order valence-electron chi connectivity index (χ2n) is 4.91. The molecular formula is C13H17N3O5S. The summed E-state index contributed by atoms with van der Waals surface area (Å²) in [6.45, 7) is 1.81. The molecule has 8 nitrogen and oxygen atoms in total. The van der Waals surface area contributed by atoms with E-state index in [4.69, 9.17) is 15.6 Å². The predicted molar refractivity (Wildman–Crippen MR) is 80.7 cm³/mol. The summed E-state index contributed by atoms with van der Waals surface area (Å²) >= 11 is 0. The van der Waals surface area contributed by atoms with Crippen LogP contribution in [0, 0.1) is 0 Å². The topological polar surface area (TPSA) is 133 Å². The van der Waals surface area contributed by atoms with Crippen molar-refractivity contribution in [1.82, 2.24) is 0 Å². The van der Waals surface area contributed by atoms with Gasteiger partial charge in [-0.1, -0.05) is 0 Å². The molecule has 120 valence electrons. The van der Waals surface area contributed by atoms with Crippen LogP contribution in [0.25, 0.3) is 0 Å². The van der Waals surface area contributed by atoms with Crippen LogP contribution >= 0.6 is 0 Å². The molecule has 1 atom stereocenters. The molecule has 0 saturated carbocycles. The highest BCUT2D eigenvalue weighted by atomic mass is 32.2. The summed E-state index contributed by atoms with van der Waals surface area (Å²) in [5, 5.41) is 4.11. The van der Waals surface area contributed by atoms with Gasteiger partial charge in [0.15, 0.2) is 0 Å². The number of nitrogens with zero attached hydrogens (tertiary/aromatic N) is 1. The third-order valence-corrected chi connectivity index (χ3v) is 4.63. The molecule has 0 radical (unpaired) electrons. The summed E-state index contributed by atoms with van der Waals surface area (Å²) in [5.74, 6) is -0.954. The molecule has 0 aliphatic carbocycles. The quantitative estimate of drug-likeness (QED) is 0.583. The summed E-state index contributed by atoms with van der Waals surface area (Å²) in [5.41, 5.74) is 6.61. The van der Waals surface area contributed by atoms with Crippen molar-refractivity contribution in [2.75, 3.05) is 23.8 Å². The standard InChI is InChI=1S/C13H17N3O5S/c1-2-21-13(18)8-3-4-10(14)11(5-8)16-7-9(6-12(16)17)22(15,19)20/h3-5,9H,2,6-7,14H2,1H3,(H2,15,19,20). The third kappa shape index (κ3) is 3.20. The van der Waals surface area contributed by atoms with E-state index in [1.54, 1.807) is 6.92 Å². The van der Waals surface area contributed by atoms with Crippen LogP contribution in [0.2, 0.25) is 0 Å². The zero-order valence-corrected chi connectivity index (χ0v) is 12.8. The van der Waals surface area contributed by atoms with E-state index in [-0.39, 0.29) is 36.5 Å². The lowest BCUT2D eigenvalue weighted by atomic mass is 10.1. The number of hydrogen-bond acceptors (Lipinski definition) is 6. The number of nitrogens with two attached hydrogens (primary N) is 2. The molecule has 1 aliphatic heterocycles. The molecule has 2 rings (SSSR count). The maximum atomic E-state index is 12.0. The Hall–Kier alpha value is -2.13. The van der Waals surface area contributed by atoms with Gasteiger partial charge in [0.05, 0.1) is 23.5 Å². The Bertz CT molecular complexity index is 716. The van der Waals surface area contributed by atoms with Crippen molar-refractivity contribution in [3.63, 3.8) is 0 Å². The number of rotatable bonds is 4. The monoisotopic (exact) mass is 327 g/mol. The lowest BCUT2D eigenvalue weighted by Crippen LogP contribution is -2.32. The van der Waals surface area contributed by atoms with E-state index in [1.165, 1.54) is 23.1 Å². The lowest BCUT2D eigenvalue weighted by molar-refractivity contribution is -0.117. The molecule has 22 heavy (non-hydrogen) atoms. The Morgan fingerprint density at radius 2 is 2.14 bits per heavy atom. The van der Waals surface area contributed by atoms with Gasteiger partial charge in [-0.2, -0.15) is 0 Å². The highest BCUT2D eigenvalue weighted by Gasteiger charge is 2.38. The number of sulfonamides is 1. The Morgan fingerprint density at radius 1 is 1.45 bits per heavy atom. The average molecular weight is 327 g/mol. The first kappa shape index (κ1) is 16.2. The number of primary sulfonamides is 1. The van der Waals surface area contributed by atoms with Crippen LogP contribution in [-0.2, 0) is 19.6 Å². The number of amides is 1. The van der Waals surface area contributed by atoms with Crippen molar-refractivity contribution in [2.24, 2.45) is 5.14 Å². The third-order valence-electron chi connectivity index (χ3n) is 3.39. The second-order valence-corrected chi connectivity index (χ2v) is 6.76. The molecular weight excluding hydrogens is 310 g/mol. The molecule has 1 unspecified atom stereocenters. The van der Waals surface area contributed by atoms with Gasteiger partial charge in [0.25, 0.3) is 0 Å². The van der Waals surface area contributed by atoms with Crippen LogP contribution < -0.4 is 15.8 Å². The zero-order chi connectivity index (χ0) is 16.5. The maximum Gasteiger partial charge on any atom is 0.338 e. The summed E-state index contributed by atoms with van der Waals surface area (Å²) < 4.78 is 27.7. The fourth-order valence-corrected chi connectivity index (χ4v) is 2.98. The summed E-state index contributed by atoms with van der Waals surface area (Å²) in [4.78, 5) is 25.0. The molecule has 1 amide bonds. The van der Waals surface area contributed by atoms with Gasteiger partial charge in [-0.05, 0) is 25.1 Å². The van der Waals surface area contributed by atoms with E-state index in [1.807, 2.05) is 0 Å². The number of carbonyl (C=O) groups excluding carboxylic acids is 2. The van der Waals surface area contributed by atoms with Crippen LogP contribution in [-0.4, -0.2) is 38.7 Å². The predicted octanol–water partition coefficient (Wildman–Crippen LogP) is -0.161. The SMILES string of the molecule is CCOC(=O)c1ccc(N)c(N2CC(S(N)(=O)=O)CC2=O)c1. The van der Waals surface area contributed by atoms with Gasteiger partial charge in [0.1, 0.15) is 5.25 Å². The number of carbonyl (C=O) groups is 2. The van der Waals surface area contributed by atoms with E-state index in [0.29, 0.717) is 0 Å². The van der Waals surface area contributed by atoms with Crippen molar-refractivity contribution in [3.05, 3.63) is 23.8 Å². The Labute approximate surface area is 128 Å². The van der Waals surface area contributed by atoms with Crippen molar-refractivity contribution in [2.45, 2.75) is 18.6 Å². The molecule has 0 bridgehead atoms. The van der Waals surface area contributed by atoms with Gasteiger partial charge in [0, 0.05) is 13.0 Å². The number of hydrogen-bond donors (Lipinski definition) is 2. The molecule has 0 spiro atoms. The van der Waals surface area contributed by atoms with Crippen LogP contribution in [0.1, 0.15) is 23.7 Å². The van der Waals surface area contributed by atoms with Gasteiger partial charge < -0.3 is 15.4 Å². The minimum absolute atomic E-state index is 0.0891. The normalized spacial score (nSPS) is 18.5. The molecule has 1 aromatic rings. The minimum Gasteiger partial charge on any atom is -0.462 e. The Morgan fingerprint density at radius 3 is 2.68 bits per heavy atom. The Kier molecular flexibility index (Phi) is 4.38. The van der Waals surface area contributed by atoms with Gasteiger partial charge in [-0.15, -0.1) is 0 Å². The largest absolute Gasteiger partial charge is 0.462 e. The van der Waals surface area contributed by atoms with Crippen LogP contribution in [0.15, 0.2) is 18.2 Å². The van der Waals surface area contributed by atoms with Gasteiger partial charge in [-0.25, -0.2) is 18.4 Å². The van der Waals surface area contributed by atoms with Crippen molar-refractivity contribution < 1.29 is 22.7 Å². The van der Waals surface area contributed by atoms with E-state index < -0.39 is 27.1 Å². The van der Waals surface area contributed by atoms with E-state index in [2.05, 4.69) is 0 Å². The number of esters is 1. The fraction of sp³-hybridized carbons (Fsp3) is 0.385. The molecule has 0 aromatic heterocycles. The molecule has 1 saturated heterocycles. The first-order valence-corrected chi connectivity index (χ1v) is 8.23. The fourth-order valence-electron chi connectivity index (χ4n) is 2.25. The van der Waals surface area contributed by atoms with Gasteiger partial charge >= 0.3 is 5.97 Å². The highest BCUT2D eigenvalue weighted by Crippen LogP contribution is 2.30. The molecule has 1 aromatic carbocycles.